The van der Waals surface area contributed by atoms with Gasteiger partial charge < -0.3 is 16.2 Å². The lowest BCUT2D eigenvalue weighted by Gasteiger charge is -2.18. The summed E-state index contributed by atoms with van der Waals surface area (Å²) >= 11 is 6.05. The third-order valence-corrected chi connectivity index (χ3v) is 3.02. The van der Waals surface area contributed by atoms with Crippen LogP contribution in [0.4, 0.5) is 11.4 Å². The monoisotopic (exact) mass is 270 g/mol. The molecule has 1 rings (SSSR count). The molecule has 4 N–H and O–H groups in total. The van der Waals surface area contributed by atoms with E-state index >= 15 is 0 Å². The number of benzene rings is 1. The maximum absolute atomic E-state index is 11.2. The van der Waals surface area contributed by atoms with Crippen LogP contribution in [0.3, 0.4) is 0 Å². The van der Waals surface area contributed by atoms with Gasteiger partial charge in [-0.3, -0.25) is 0 Å². The summed E-state index contributed by atoms with van der Waals surface area (Å²) in [6.45, 7) is 4.12. The average Bonchev–Trinajstić information content (AvgIpc) is 2.29. The molecule has 0 saturated heterocycles. The Kier molecular flexibility index (Phi) is 5.28. The molecule has 0 saturated carbocycles. The van der Waals surface area contributed by atoms with Gasteiger partial charge in [-0.1, -0.05) is 31.4 Å². The van der Waals surface area contributed by atoms with E-state index in [1.165, 1.54) is 6.07 Å². The minimum absolute atomic E-state index is 0.114. The molecule has 100 valence electrons. The summed E-state index contributed by atoms with van der Waals surface area (Å²) in [5.74, 6) is -1.03. The third kappa shape index (κ3) is 3.81. The van der Waals surface area contributed by atoms with Crippen molar-refractivity contribution in [3.8, 4) is 0 Å². The minimum Gasteiger partial charge on any atom is -0.478 e. The van der Waals surface area contributed by atoms with Crippen LogP contribution in [0.2, 0.25) is 5.02 Å². The van der Waals surface area contributed by atoms with Crippen molar-refractivity contribution in [1.29, 1.82) is 0 Å². The lowest BCUT2D eigenvalue weighted by atomic mass is 10.1. The zero-order chi connectivity index (χ0) is 13.7. The highest BCUT2D eigenvalue weighted by Crippen LogP contribution is 2.30. The number of hydrogen-bond donors (Lipinski definition) is 3. The van der Waals surface area contributed by atoms with Gasteiger partial charge in [0.1, 0.15) is 0 Å². The number of hydrogen-bond acceptors (Lipinski definition) is 3. The summed E-state index contributed by atoms with van der Waals surface area (Å²) in [5, 5.41) is 12.6. The number of carbonyl (C=O) groups is 1. The number of carboxylic acid groups (broad SMARTS) is 1. The predicted molar refractivity (Wildman–Crippen MR) is 75.4 cm³/mol. The first-order chi connectivity index (χ1) is 8.45. The Morgan fingerprint density at radius 2 is 2.22 bits per heavy atom. The number of nitrogen functional groups attached to an aromatic ring is 1. The molecule has 0 radical (unpaired) electrons. The van der Waals surface area contributed by atoms with Crippen molar-refractivity contribution >= 4 is 28.9 Å². The molecular formula is C13H19ClN2O2. The summed E-state index contributed by atoms with van der Waals surface area (Å²) in [4.78, 5) is 11.2. The molecule has 1 atom stereocenters. The number of nitrogens with two attached hydrogens (primary N) is 1. The Morgan fingerprint density at radius 1 is 1.56 bits per heavy atom. The summed E-state index contributed by atoms with van der Waals surface area (Å²) < 4.78 is 0. The Bertz CT molecular complexity index is 435. The van der Waals surface area contributed by atoms with E-state index in [4.69, 9.17) is 22.4 Å². The molecular weight excluding hydrogens is 252 g/mol. The van der Waals surface area contributed by atoms with Gasteiger partial charge in [0.15, 0.2) is 0 Å². The second-order valence-corrected chi connectivity index (χ2v) is 4.83. The van der Waals surface area contributed by atoms with Crippen LogP contribution >= 0.6 is 11.6 Å². The molecule has 4 nitrogen and oxygen atoms in total. The van der Waals surface area contributed by atoms with Crippen LogP contribution in [0.5, 0.6) is 0 Å². The summed E-state index contributed by atoms with van der Waals surface area (Å²) in [7, 11) is 0. The van der Waals surface area contributed by atoms with Crippen molar-refractivity contribution in [3.63, 3.8) is 0 Å². The van der Waals surface area contributed by atoms with Gasteiger partial charge in [0.25, 0.3) is 0 Å². The largest absolute Gasteiger partial charge is 0.478 e. The van der Waals surface area contributed by atoms with E-state index in [9.17, 15) is 4.79 Å². The zero-order valence-corrected chi connectivity index (χ0v) is 11.4. The van der Waals surface area contributed by atoms with Crippen molar-refractivity contribution < 1.29 is 9.90 Å². The van der Waals surface area contributed by atoms with E-state index in [2.05, 4.69) is 12.2 Å². The molecule has 0 aliphatic heterocycles. The first kappa shape index (κ1) is 14.6. The van der Waals surface area contributed by atoms with E-state index in [-0.39, 0.29) is 11.6 Å². The number of halogens is 1. The van der Waals surface area contributed by atoms with Crippen molar-refractivity contribution in [1.82, 2.24) is 0 Å². The van der Waals surface area contributed by atoms with Gasteiger partial charge in [0.05, 0.1) is 16.3 Å². The molecule has 18 heavy (non-hydrogen) atoms. The smallest absolute Gasteiger partial charge is 0.337 e. The number of unbranched alkanes of at least 4 members (excludes halogenated alkanes) is 1. The van der Waals surface area contributed by atoms with Crippen LogP contribution in [-0.2, 0) is 0 Å². The Balaban J connectivity index is 2.96. The third-order valence-electron chi connectivity index (χ3n) is 2.72. The number of nitrogens with one attached hydrogen (secondary N) is 1. The SMILES string of the molecule is CCCCC(C)Nc1c(Cl)cc(N)cc1C(=O)O. The van der Waals surface area contributed by atoms with Crippen LogP contribution in [0.25, 0.3) is 0 Å². The predicted octanol–water partition coefficient (Wildman–Crippen LogP) is 3.61. The molecule has 0 fully saturated rings. The van der Waals surface area contributed by atoms with Gasteiger partial charge in [-0.15, -0.1) is 0 Å². The second-order valence-electron chi connectivity index (χ2n) is 4.42. The second kappa shape index (κ2) is 6.50. The lowest BCUT2D eigenvalue weighted by Crippen LogP contribution is -2.18. The fourth-order valence-corrected chi connectivity index (χ4v) is 2.05. The Labute approximate surface area is 112 Å². The van der Waals surface area contributed by atoms with E-state index in [1.807, 2.05) is 6.92 Å². The summed E-state index contributed by atoms with van der Waals surface area (Å²) in [6, 6.07) is 3.15. The number of aromatic carboxylic acids is 1. The van der Waals surface area contributed by atoms with E-state index in [0.29, 0.717) is 16.4 Å². The van der Waals surface area contributed by atoms with Crippen molar-refractivity contribution in [2.24, 2.45) is 0 Å². The standard InChI is InChI=1S/C13H19ClN2O2/c1-3-4-5-8(2)16-12-10(13(17)18)6-9(15)7-11(12)14/h6-8,16H,3-5,15H2,1-2H3,(H,17,18). The van der Waals surface area contributed by atoms with Crippen LogP contribution in [-0.4, -0.2) is 17.1 Å². The molecule has 0 heterocycles. The highest BCUT2D eigenvalue weighted by Gasteiger charge is 2.16. The number of anilines is 2. The van der Waals surface area contributed by atoms with Crippen molar-refractivity contribution in [3.05, 3.63) is 22.7 Å². The van der Waals surface area contributed by atoms with Gasteiger partial charge in [0, 0.05) is 11.7 Å². The maximum atomic E-state index is 11.2. The van der Waals surface area contributed by atoms with Crippen LogP contribution in [0.15, 0.2) is 12.1 Å². The zero-order valence-electron chi connectivity index (χ0n) is 10.7. The molecule has 1 aromatic rings. The first-order valence-electron chi connectivity index (χ1n) is 6.04. The molecule has 5 heteroatoms. The van der Waals surface area contributed by atoms with Gasteiger partial charge >= 0.3 is 5.97 Å². The van der Waals surface area contributed by atoms with E-state index < -0.39 is 5.97 Å². The van der Waals surface area contributed by atoms with Crippen LogP contribution in [0.1, 0.15) is 43.5 Å². The Morgan fingerprint density at radius 3 is 2.78 bits per heavy atom. The summed E-state index contributed by atoms with van der Waals surface area (Å²) in [6.07, 6.45) is 3.16. The molecule has 0 aromatic heterocycles. The average molecular weight is 271 g/mol. The highest BCUT2D eigenvalue weighted by molar-refractivity contribution is 6.34. The highest BCUT2D eigenvalue weighted by atomic mass is 35.5. The molecule has 0 aliphatic rings. The molecule has 0 spiro atoms. The van der Waals surface area contributed by atoms with Crippen LogP contribution < -0.4 is 11.1 Å². The fraction of sp³-hybridized carbons (Fsp3) is 0.462. The normalized spacial score (nSPS) is 12.2. The molecule has 1 aromatic carbocycles. The molecule has 0 amide bonds. The van der Waals surface area contributed by atoms with Gasteiger partial charge in [0.2, 0.25) is 0 Å². The van der Waals surface area contributed by atoms with Gasteiger partial charge in [-0.05, 0) is 25.5 Å². The van der Waals surface area contributed by atoms with Crippen molar-refractivity contribution in [2.75, 3.05) is 11.1 Å². The summed E-state index contributed by atoms with van der Waals surface area (Å²) in [5.41, 5.74) is 6.51. The van der Waals surface area contributed by atoms with E-state index in [1.54, 1.807) is 6.07 Å². The minimum atomic E-state index is -1.03. The van der Waals surface area contributed by atoms with E-state index in [0.717, 1.165) is 19.3 Å². The first-order valence-corrected chi connectivity index (χ1v) is 6.42. The lowest BCUT2D eigenvalue weighted by molar-refractivity contribution is 0.0698. The van der Waals surface area contributed by atoms with Gasteiger partial charge in [-0.2, -0.15) is 0 Å². The van der Waals surface area contributed by atoms with Crippen molar-refractivity contribution in [2.45, 2.75) is 39.2 Å². The fourth-order valence-electron chi connectivity index (χ4n) is 1.77. The topological polar surface area (TPSA) is 75.3 Å². The molecule has 1 unspecified atom stereocenters. The number of carboxylic acids is 1. The van der Waals surface area contributed by atoms with Crippen LogP contribution in [0, 0.1) is 0 Å². The van der Waals surface area contributed by atoms with Gasteiger partial charge in [-0.25, -0.2) is 4.79 Å². The Hall–Kier alpha value is -1.42. The number of rotatable bonds is 6. The quantitative estimate of drug-likeness (QED) is 0.690. The molecule has 0 aliphatic carbocycles. The molecule has 0 bridgehead atoms. The maximum Gasteiger partial charge on any atom is 0.337 e.